The van der Waals surface area contributed by atoms with Gasteiger partial charge in [0.05, 0.1) is 11.3 Å². The van der Waals surface area contributed by atoms with Crippen molar-refractivity contribution in [1.29, 1.82) is 0 Å². The van der Waals surface area contributed by atoms with Crippen molar-refractivity contribution in [2.45, 2.75) is 32.6 Å². The number of benzene rings is 1. The third-order valence-electron chi connectivity index (χ3n) is 2.72. The van der Waals surface area contributed by atoms with E-state index in [0.717, 1.165) is 5.56 Å². The van der Waals surface area contributed by atoms with Crippen LogP contribution in [0.3, 0.4) is 0 Å². The fourth-order valence-corrected chi connectivity index (χ4v) is 2.15. The van der Waals surface area contributed by atoms with Crippen molar-refractivity contribution >= 4 is 11.7 Å². The second-order valence-electron chi connectivity index (χ2n) is 4.68. The summed E-state index contributed by atoms with van der Waals surface area (Å²) in [6.07, 6.45) is -0.140. The molecule has 0 bridgehead atoms. The number of nitrogens with zero attached hydrogens (tertiary/aromatic N) is 1. The fraction of sp³-hybridized carbons (Fsp3) is 0.417. The van der Waals surface area contributed by atoms with E-state index in [-0.39, 0.29) is 12.1 Å². The Balaban J connectivity index is 3.38. The number of carboxylic acid groups (broad SMARTS) is 1. The summed E-state index contributed by atoms with van der Waals surface area (Å²) < 4.78 is 0. The molecule has 0 aromatic heterocycles. The summed E-state index contributed by atoms with van der Waals surface area (Å²) in [7, 11) is 0. The van der Waals surface area contributed by atoms with E-state index in [4.69, 9.17) is 5.11 Å². The Morgan fingerprint density at radius 1 is 1.47 bits per heavy atom. The van der Waals surface area contributed by atoms with Gasteiger partial charge in [0.15, 0.2) is 0 Å². The summed E-state index contributed by atoms with van der Waals surface area (Å²) in [5, 5.41) is 19.8. The second kappa shape index (κ2) is 4.53. The van der Waals surface area contributed by atoms with Crippen molar-refractivity contribution in [2.24, 2.45) is 0 Å². The molecule has 1 aromatic rings. The zero-order valence-corrected chi connectivity index (χ0v) is 10.1. The van der Waals surface area contributed by atoms with Crippen LogP contribution in [0.2, 0.25) is 0 Å². The van der Waals surface area contributed by atoms with Crippen LogP contribution in [-0.2, 0) is 10.2 Å². The van der Waals surface area contributed by atoms with Crippen LogP contribution in [0.4, 0.5) is 5.69 Å². The van der Waals surface area contributed by atoms with Gasteiger partial charge in [0, 0.05) is 17.0 Å². The van der Waals surface area contributed by atoms with Crippen LogP contribution in [0, 0.1) is 17.0 Å². The zero-order chi connectivity index (χ0) is 13.2. The summed E-state index contributed by atoms with van der Waals surface area (Å²) in [5.74, 6) is -0.965. The molecule has 17 heavy (non-hydrogen) atoms. The summed E-state index contributed by atoms with van der Waals surface area (Å²) in [4.78, 5) is 21.3. The molecule has 1 N–H and O–H groups in total. The number of aryl methyl sites for hydroxylation is 1. The van der Waals surface area contributed by atoms with Gasteiger partial charge < -0.3 is 5.11 Å². The number of hydrogen-bond acceptors (Lipinski definition) is 3. The number of rotatable bonds is 4. The van der Waals surface area contributed by atoms with Crippen LogP contribution in [0.5, 0.6) is 0 Å². The Morgan fingerprint density at radius 3 is 2.53 bits per heavy atom. The number of nitro benzene ring substituents is 1. The first kappa shape index (κ1) is 13.2. The van der Waals surface area contributed by atoms with Crippen molar-refractivity contribution in [1.82, 2.24) is 0 Å². The van der Waals surface area contributed by atoms with Crippen molar-refractivity contribution in [3.63, 3.8) is 0 Å². The maximum atomic E-state index is 11.0. The van der Waals surface area contributed by atoms with Gasteiger partial charge in [-0.15, -0.1) is 0 Å². The topological polar surface area (TPSA) is 80.4 Å². The number of carboxylic acids is 1. The van der Waals surface area contributed by atoms with Crippen LogP contribution in [0.1, 0.15) is 31.4 Å². The van der Waals surface area contributed by atoms with Crippen molar-refractivity contribution in [2.75, 3.05) is 0 Å². The molecule has 0 aliphatic carbocycles. The SMILES string of the molecule is Cc1cccc([N+](=O)[O-])c1C(C)(C)CC(=O)O. The van der Waals surface area contributed by atoms with Crippen LogP contribution in [-0.4, -0.2) is 16.0 Å². The molecule has 0 saturated heterocycles. The lowest BCUT2D eigenvalue weighted by Gasteiger charge is -2.24. The quantitative estimate of drug-likeness (QED) is 0.644. The highest BCUT2D eigenvalue weighted by molar-refractivity contribution is 5.70. The largest absolute Gasteiger partial charge is 0.481 e. The standard InChI is InChI=1S/C12H15NO4/c1-8-5-4-6-9(13(16)17)11(8)12(2,3)7-10(14)15/h4-6H,7H2,1-3H3,(H,14,15). The van der Waals surface area contributed by atoms with Crippen molar-refractivity contribution in [3.8, 4) is 0 Å². The Morgan fingerprint density at radius 2 is 2.06 bits per heavy atom. The molecule has 0 unspecified atom stereocenters. The minimum atomic E-state index is -0.965. The first-order valence-corrected chi connectivity index (χ1v) is 5.22. The van der Waals surface area contributed by atoms with E-state index >= 15 is 0 Å². The predicted molar refractivity (Wildman–Crippen MR) is 63.1 cm³/mol. The Kier molecular flexibility index (Phi) is 3.50. The average molecular weight is 237 g/mol. The third-order valence-corrected chi connectivity index (χ3v) is 2.72. The number of hydrogen-bond donors (Lipinski definition) is 1. The normalized spacial score (nSPS) is 11.2. The molecule has 0 aliphatic rings. The van der Waals surface area contributed by atoms with Gasteiger partial charge >= 0.3 is 5.97 Å². The molecule has 0 aliphatic heterocycles. The van der Waals surface area contributed by atoms with E-state index in [2.05, 4.69) is 0 Å². The van der Waals surface area contributed by atoms with E-state index in [1.54, 1.807) is 32.9 Å². The first-order chi connectivity index (χ1) is 7.75. The molecule has 92 valence electrons. The minimum Gasteiger partial charge on any atom is -0.481 e. The smallest absolute Gasteiger partial charge is 0.304 e. The molecule has 0 saturated carbocycles. The monoisotopic (exact) mass is 237 g/mol. The lowest BCUT2D eigenvalue weighted by atomic mass is 9.78. The highest BCUT2D eigenvalue weighted by Crippen LogP contribution is 2.36. The van der Waals surface area contributed by atoms with Crippen LogP contribution >= 0.6 is 0 Å². The van der Waals surface area contributed by atoms with E-state index in [1.165, 1.54) is 6.07 Å². The zero-order valence-electron chi connectivity index (χ0n) is 10.1. The second-order valence-corrected chi connectivity index (χ2v) is 4.68. The molecule has 1 rings (SSSR count). The van der Waals surface area contributed by atoms with Gasteiger partial charge in [-0.05, 0) is 12.5 Å². The van der Waals surface area contributed by atoms with Crippen molar-refractivity contribution in [3.05, 3.63) is 39.4 Å². The maximum Gasteiger partial charge on any atom is 0.304 e. The minimum absolute atomic E-state index is 0.0174. The molecule has 5 heteroatoms. The molecule has 0 amide bonds. The van der Waals surface area contributed by atoms with E-state index < -0.39 is 16.3 Å². The molecule has 0 fully saturated rings. The molecular formula is C12H15NO4. The molecule has 5 nitrogen and oxygen atoms in total. The molecule has 1 aromatic carbocycles. The van der Waals surface area contributed by atoms with Gasteiger partial charge in [0.1, 0.15) is 0 Å². The predicted octanol–water partition coefficient (Wildman–Crippen LogP) is 2.66. The van der Waals surface area contributed by atoms with E-state index in [9.17, 15) is 14.9 Å². The summed E-state index contributed by atoms with van der Waals surface area (Å²) in [5.41, 5.74) is 0.452. The number of carbonyl (C=O) groups is 1. The van der Waals surface area contributed by atoms with Gasteiger partial charge in [0.25, 0.3) is 5.69 Å². The lowest BCUT2D eigenvalue weighted by molar-refractivity contribution is -0.386. The van der Waals surface area contributed by atoms with E-state index in [1.807, 2.05) is 0 Å². The molecular weight excluding hydrogens is 222 g/mol. The van der Waals surface area contributed by atoms with Crippen LogP contribution in [0.25, 0.3) is 0 Å². The summed E-state index contributed by atoms with van der Waals surface area (Å²) in [6.45, 7) is 5.17. The highest BCUT2D eigenvalue weighted by Gasteiger charge is 2.32. The molecule has 0 radical (unpaired) electrons. The summed E-state index contributed by atoms with van der Waals surface area (Å²) in [6, 6.07) is 4.77. The fourth-order valence-electron chi connectivity index (χ4n) is 2.15. The van der Waals surface area contributed by atoms with Gasteiger partial charge in [-0.25, -0.2) is 0 Å². The Bertz CT molecular complexity index is 466. The third kappa shape index (κ3) is 2.81. The molecule has 0 atom stereocenters. The molecule has 0 spiro atoms. The maximum absolute atomic E-state index is 11.0. The Labute approximate surface area is 99.2 Å². The lowest BCUT2D eigenvalue weighted by Crippen LogP contribution is -2.24. The molecule has 0 heterocycles. The summed E-state index contributed by atoms with van der Waals surface area (Å²) >= 11 is 0. The van der Waals surface area contributed by atoms with Crippen molar-refractivity contribution < 1.29 is 14.8 Å². The van der Waals surface area contributed by atoms with Crippen LogP contribution < -0.4 is 0 Å². The first-order valence-electron chi connectivity index (χ1n) is 5.22. The van der Waals surface area contributed by atoms with Gasteiger partial charge in [-0.3, -0.25) is 14.9 Å². The van der Waals surface area contributed by atoms with Gasteiger partial charge in [-0.1, -0.05) is 26.0 Å². The number of nitro groups is 1. The van der Waals surface area contributed by atoms with Gasteiger partial charge in [-0.2, -0.15) is 0 Å². The average Bonchev–Trinajstić information content (AvgIpc) is 2.14. The highest BCUT2D eigenvalue weighted by atomic mass is 16.6. The van der Waals surface area contributed by atoms with Gasteiger partial charge in [0.2, 0.25) is 0 Å². The van der Waals surface area contributed by atoms with E-state index in [0.29, 0.717) is 5.56 Å². The number of aliphatic carboxylic acids is 1. The Hall–Kier alpha value is -1.91. The van der Waals surface area contributed by atoms with Crippen LogP contribution in [0.15, 0.2) is 18.2 Å².